The number of nitriles is 1. The van der Waals surface area contributed by atoms with Gasteiger partial charge in [0.15, 0.2) is 0 Å². The Balaban J connectivity index is 2.14. The largest absolute Gasteiger partial charge is 0.332 e. The molecule has 0 aromatic heterocycles. The highest BCUT2D eigenvalue weighted by Crippen LogP contribution is 2.35. The number of hydrogen-bond donors (Lipinski definition) is 0. The number of carbonyl (C=O) groups is 1. The van der Waals surface area contributed by atoms with E-state index in [-0.39, 0.29) is 11.9 Å². The normalized spacial score (nSPS) is 20.1. The predicted octanol–water partition coefficient (Wildman–Crippen LogP) is 4.02. The third-order valence-electron chi connectivity index (χ3n) is 4.51. The van der Waals surface area contributed by atoms with Crippen molar-refractivity contribution in [3.8, 4) is 6.07 Å². The van der Waals surface area contributed by atoms with Crippen LogP contribution in [0.25, 0.3) is 0 Å². The molecule has 0 N–H and O–H groups in total. The lowest BCUT2D eigenvalue weighted by Gasteiger charge is -2.42. The average molecular weight is 296 g/mol. The molecule has 1 aliphatic carbocycles. The molecule has 2 rings (SSSR count). The van der Waals surface area contributed by atoms with Gasteiger partial charge >= 0.3 is 0 Å². The first-order valence-electron chi connectivity index (χ1n) is 7.94. The third kappa shape index (κ3) is 3.57. The highest BCUT2D eigenvalue weighted by atomic mass is 16.2. The topological polar surface area (TPSA) is 44.1 Å². The molecule has 116 valence electrons. The van der Waals surface area contributed by atoms with Gasteiger partial charge in [0, 0.05) is 19.0 Å². The molecule has 3 nitrogen and oxygen atoms in total. The van der Waals surface area contributed by atoms with E-state index < -0.39 is 0 Å². The maximum atomic E-state index is 12.2. The number of nitrogens with zero attached hydrogens (tertiary/aromatic N) is 2. The smallest absolute Gasteiger partial charge is 0.246 e. The Morgan fingerprint density at radius 3 is 2.73 bits per heavy atom. The SMILES string of the molecule is C=CC(=O)N(Cc1ccccc1C(C)C)C1CC(CC#N)C1. The van der Waals surface area contributed by atoms with Crippen LogP contribution in [0, 0.1) is 17.2 Å². The average Bonchev–Trinajstić information content (AvgIpc) is 2.48. The lowest BCUT2D eigenvalue weighted by atomic mass is 9.77. The van der Waals surface area contributed by atoms with Gasteiger partial charge in [0.25, 0.3) is 0 Å². The number of carbonyl (C=O) groups excluding carboxylic acids is 1. The van der Waals surface area contributed by atoms with E-state index in [0.29, 0.717) is 24.8 Å². The van der Waals surface area contributed by atoms with Crippen molar-refractivity contribution in [1.29, 1.82) is 5.26 Å². The Morgan fingerprint density at radius 2 is 2.14 bits per heavy atom. The molecular weight excluding hydrogens is 272 g/mol. The molecule has 0 heterocycles. The van der Waals surface area contributed by atoms with Crippen LogP contribution in [0.15, 0.2) is 36.9 Å². The Labute approximate surface area is 133 Å². The van der Waals surface area contributed by atoms with Crippen molar-refractivity contribution < 1.29 is 4.79 Å². The summed E-state index contributed by atoms with van der Waals surface area (Å²) in [5, 5.41) is 8.77. The van der Waals surface area contributed by atoms with Crippen molar-refractivity contribution in [3.05, 3.63) is 48.0 Å². The van der Waals surface area contributed by atoms with Crippen LogP contribution in [0.5, 0.6) is 0 Å². The molecule has 1 aromatic rings. The summed E-state index contributed by atoms with van der Waals surface area (Å²) in [5.41, 5.74) is 2.49. The zero-order valence-electron chi connectivity index (χ0n) is 13.5. The summed E-state index contributed by atoms with van der Waals surface area (Å²) in [7, 11) is 0. The second-order valence-corrected chi connectivity index (χ2v) is 6.38. The van der Waals surface area contributed by atoms with E-state index in [1.54, 1.807) is 0 Å². The summed E-state index contributed by atoms with van der Waals surface area (Å²) in [6.07, 6.45) is 3.85. The van der Waals surface area contributed by atoms with Gasteiger partial charge in [-0.3, -0.25) is 4.79 Å². The number of rotatable bonds is 6. The quantitative estimate of drug-likeness (QED) is 0.744. The first-order chi connectivity index (χ1) is 10.6. The molecule has 1 saturated carbocycles. The molecule has 1 aromatic carbocycles. The summed E-state index contributed by atoms with van der Waals surface area (Å²) < 4.78 is 0. The van der Waals surface area contributed by atoms with E-state index in [9.17, 15) is 4.79 Å². The first kappa shape index (κ1) is 16.3. The van der Waals surface area contributed by atoms with Gasteiger partial charge in [0.2, 0.25) is 5.91 Å². The monoisotopic (exact) mass is 296 g/mol. The number of benzene rings is 1. The highest BCUT2D eigenvalue weighted by molar-refractivity contribution is 5.87. The van der Waals surface area contributed by atoms with Crippen LogP contribution in [0.2, 0.25) is 0 Å². The molecule has 0 saturated heterocycles. The second-order valence-electron chi connectivity index (χ2n) is 6.38. The summed E-state index contributed by atoms with van der Waals surface area (Å²) in [6.45, 7) is 8.60. The molecule has 0 atom stereocenters. The zero-order valence-corrected chi connectivity index (χ0v) is 13.5. The standard InChI is InChI=1S/C19H24N2O/c1-4-19(22)21(17-11-15(12-17)9-10-20)13-16-7-5-6-8-18(16)14(2)3/h4-8,14-15,17H,1,9,11-13H2,2-3H3. The number of hydrogen-bond acceptors (Lipinski definition) is 2. The zero-order chi connectivity index (χ0) is 16.1. The van der Waals surface area contributed by atoms with Crippen LogP contribution in [-0.2, 0) is 11.3 Å². The van der Waals surface area contributed by atoms with E-state index >= 15 is 0 Å². The maximum Gasteiger partial charge on any atom is 0.246 e. The van der Waals surface area contributed by atoms with Crippen molar-refractivity contribution in [2.24, 2.45) is 5.92 Å². The van der Waals surface area contributed by atoms with E-state index in [2.05, 4.69) is 38.6 Å². The summed E-state index contributed by atoms with van der Waals surface area (Å²) >= 11 is 0. The molecule has 22 heavy (non-hydrogen) atoms. The van der Waals surface area contributed by atoms with Crippen LogP contribution in [0.1, 0.15) is 50.2 Å². The Morgan fingerprint density at radius 1 is 1.45 bits per heavy atom. The maximum absolute atomic E-state index is 12.2. The Kier molecular flexibility index (Phi) is 5.38. The molecule has 0 radical (unpaired) electrons. The fraction of sp³-hybridized carbons (Fsp3) is 0.474. The van der Waals surface area contributed by atoms with Crippen LogP contribution in [0.3, 0.4) is 0 Å². The lowest BCUT2D eigenvalue weighted by molar-refractivity contribution is -0.131. The van der Waals surface area contributed by atoms with Crippen molar-refractivity contribution in [2.75, 3.05) is 0 Å². The molecule has 1 amide bonds. The summed E-state index contributed by atoms with van der Waals surface area (Å²) in [5.74, 6) is 0.860. The van der Waals surface area contributed by atoms with Gasteiger partial charge in [-0.1, -0.05) is 44.7 Å². The van der Waals surface area contributed by atoms with Crippen molar-refractivity contribution >= 4 is 5.91 Å². The van der Waals surface area contributed by atoms with Gasteiger partial charge in [-0.05, 0) is 41.9 Å². The van der Waals surface area contributed by atoms with E-state index in [1.807, 2.05) is 17.0 Å². The van der Waals surface area contributed by atoms with Crippen molar-refractivity contribution in [3.63, 3.8) is 0 Å². The van der Waals surface area contributed by atoms with Crippen LogP contribution >= 0.6 is 0 Å². The third-order valence-corrected chi connectivity index (χ3v) is 4.51. The van der Waals surface area contributed by atoms with Gasteiger partial charge in [0.05, 0.1) is 6.07 Å². The molecule has 0 unspecified atom stereocenters. The van der Waals surface area contributed by atoms with E-state index in [1.165, 1.54) is 17.2 Å². The fourth-order valence-corrected chi connectivity index (χ4v) is 3.18. The van der Waals surface area contributed by atoms with E-state index in [4.69, 9.17) is 5.26 Å². The summed E-state index contributed by atoms with van der Waals surface area (Å²) in [4.78, 5) is 14.2. The Bertz CT molecular complexity index is 579. The predicted molar refractivity (Wildman–Crippen MR) is 88.0 cm³/mol. The van der Waals surface area contributed by atoms with Crippen molar-refractivity contribution in [2.45, 2.75) is 51.6 Å². The minimum Gasteiger partial charge on any atom is -0.332 e. The fourth-order valence-electron chi connectivity index (χ4n) is 3.18. The van der Waals surface area contributed by atoms with Gasteiger partial charge in [0.1, 0.15) is 0 Å². The molecule has 0 bridgehead atoms. The first-order valence-corrected chi connectivity index (χ1v) is 7.94. The van der Waals surface area contributed by atoms with Crippen molar-refractivity contribution in [1.82, 2.24) is 4.90 Å². The van der Waals surface area contributed by atoms with Crippen LogP contribution in [-0.4, -0.2) is 16.8 Å². The molecular formula is C19H24N2O. The Hall–Kier alpha value is -2.08. The van der Waals surface area contributed by atoms with Gasteiger partial charge in [-0.15, -0.1) is 0 Å². The minimum absolute atomic E-state index is 0.0148. The summed E-state index contributed by atoms with van der Waals surface area (Å²) in [6, 6.07) is 10.8. The van der Waals surface area contributed by atoms with Gasteiger partial charge in [-0.25, -0.2) is 0 Å². The molecule has 3 heteroatoms. The van der Waals surface area contributed by atoms with Gasteiger partial charge < -0.3 is 4.90 Å². The second kappa shape index (κ2) is 7.26. The molecule has 1 aliphatic rings. The van der Waals surface area contributed by atoms with Crippen LogP contribution in [0.4, 0.5) is 0 Å². The molecule has 1 fully saturated rings. The van der Waals surface area contributed by atoms with E-state index in [0.717, 1.165) is 12.8 Å². The lowest BCUT2D eigenvalue weighted by Crippen LogP contribution is -2.46. The van der Waals surface area contributed by atoms with Gasteiger partial charge in [-0.2, -0.15) is 5.26 Å². The molecule has 0 aliphatic heterocycles. The minimum atomic E-state index is -0.0148. The number of amides is 1. The highest BCUT2D eigenvalue weighted by Gasteiger charge is 2.35. The van der Waals surface area contributed by atoms with Crippen LogP contribution < -0.4 is 0 Å². The molecule has 0 spiro atoms.